The summed E-state index contributed by atoms with van der Waals surface area (Å²) < 4.78 is 5.54. The maximum atomic E-state index is 12.8. The van der Waals surface area contributed by atoms with Gasteiger partial charge in [-0.05, 0) is 50.8 Å². The van der Waals surface area contributed by atoms with Crippen molar-refractivity contribution in [1.29, 1.82) is 0 Å². The van der Waals surface area contributed by atoms with E-state index in [0.717, 1.165) is 64.2 Å². The van der Waals surface area contributed by atoms with Crippen molar-refractivity contribution in [2.75, 3.05) is 26.2 Å². The maximum absolute atomic E-state index is 12.8. The molecular formula is C21H31Cl2N5O3. The van der Waals surface area contributed by atoms with Gasteiger partial charge in [-0.15, -0.1) is 24.8 Å². The molecule has 3 N–H and O–H groups in total. The monoisotopic (exact) mass is 471 g/mol. The smallest absolute Gasteiger partial charge is 0.349 e. The summed E-state index contributed by atoms with van der Waals surface area (Å²) in [4.78, 5) is 35.0. The Kier molecular flexibility index (Phi) is 9.55. The van der Waals surface area contributed by atoms with E-state index in [1.807, 2.05) is 19.2 Å². The van der Waals surface area contributed by atoms with Gasteiger partial charge in [0.05, 0.1) is 6.54 Å². The number of rotatable bonds is 5. The lowest BCUT2D eigenvalue weighted by Gasteiger charge is -2.31. The average molecular weight is 472 g/mol. The van der Waals surface area contributed by atoms with Crippen molar-refractivity contribution >= 4 is 30.7 Å². The highest BCUT2D eigenvalue weighted by molar-refractivity contribution is 5.95. The van der Waals surface area contributed by atoms with Crippen LogP contribution in [0.3, 0.4) is 0 Å². The maximum Gasteiger partial charge on any atom is 0.349 e. The van der Waals surface area contributed by atoms with Crippen LogP contribution in [0.5, 0.6) is 0 Å². The summed E-state index contributed by atoms with van der Waals surface area (Å²) in [5.74, 6) is 1.51. The highest BCUT2D eigenvalue weighted by Gasteiger charge is 2.26. The molecule has 1 atom stereocenters. The van der Waals surface area contributed by atoms with E-state index in [0.29, 0.717) is 11.3 Å². The van der Waals surface area contributed by atoms with Crippen LogP contribution in [-0.2, 0) is 6.54 Å². The predicted octanol–water partition coefficient (Wildman–Crippen LogP) is 2.38. The Morgan fingerprint density at radius 3 is 2.68 bits per heavy atom. The lowest BCUT2D eigenvalue weighted by atomic mass is 9.95. The zero-order valence-electron chi connectivity index (χ0n) is 17.7. The highest BCUT2D eigenvalue weighted by Crippen LogP contribution is 2.23. The minimum atomic E-state index is -0.529. The number of carbonyl (C=O) groups is 1. The topological polar surface area (TPSA) is 103 Å². The SMILES string of the molecule is Cc1cc(C2CCCNC2)oc(=O)c1C(=O)NC1CCN(Cc2ncc[nH]2)CC1.Cl.Cl. The van der Waals surface area contributed by atoms with Crippen molar-refractivity contribution in [1.82, 2.24) is 25.5 Å². The van der Waals surface area contributed by atoms with E-state index >= 15 is 0 Å². The van der Waals surface area contributed by atoms with Crippen LogP contribution in [0, 0.1) is 6.92 Å². The fraction of sp³-hybridized carbons (Fsp3) is 0.571. The van der Waals surface area contributed by atoms with Gasteiger partial charge in [-0.25, -0.2) is 9.78 Å². The molecule has 1 unspecified atom stereocenters. The van der Waals surface area contributed by atoms with E-state index < -0.39 is 5.63 Å². The third-order valence-electron chi connectivity index (χ3n) is 5.95. The van der Waals surface area contributed by atoms with Crippen LogP contribution in [0.4, 0.5) is 0 Å². The number of likely N-dealkylation sites (tertiary alicyclic amines) is 1. The van der Waals surface area contributed by atoms with Gasteiger partial charge in [0.15, 0.2) is 0 Å². The van der Waals surface area contributed by atoms with Crippen molar-refractivity contribution in [3.63, 3.8) is 0 Å². The summed E-state index contributed by atoms with van der Waals surface area (Å²) in [6.45, 7) is 6.18. The second kappa shape index (κ2) is 11.7. The van der Waals surface area contributed by atoms with E-state index in [1.54, 1.807) is 6.20 Å². The number of piperidine rings is 2. The quantitative estimate of drug-likeness (QED) is 0.618. The molecule has 1 amide bonds. The molecule has 4 rings (SSSR count). The molecule has 10 heteroatoms. The zero-order valence-corrected chi connectivity index (χ0v) is 19.3. The summed E-state index contributed by atoms with van der Waals surface area (Å²) in [6.07, 6.45) is 7.34. The molecule has 4 heterocycles. The number of H-pyrrole nitrogens is 1. The van der Waals surface area contributed by atoms with Crippen LogP contribution in [0.1, 0.15) is 59.1 Å². The summed E-state index contributed by atoms with van der Waals surface area (Å²) in [6, 6.07) is 1.93. The van der Waals surface area contributed by atoms with Gasteiger partial charge in [0.1, 0.15) is 17.1 Å². The van der Waals surface area contributed by atoms with Crippen molar-refractivity contribution in [3.8, 4) is 0 Å². The van der Waals surface area contributed by atoms with Gasteiger partial charge in [0.25, 0.3) is 5.91 Å². The molecule has 2 aromatic rings. The van der Waals surface area contributed by atoms with Crippen molar-refractivity contribution in [2.24, 2.45) is 0 Å². The van der Waals surface area contributed by atoms with E-state index in [-0.39, 0.29) is 48.2 Å². The van der Waals surface area contributed by atoms with Crippen LogP contribution >= 0.6 is 24.8 Å². The third-order valence-corrected chi connectivity index (χ3v) is 5.95. The molecule has 8 nitrogen and oxygen atoms in total. The molecule has 0 spiro atoms. The predicted molar refractivity (Wildman–Crippen MR) is 123 cm³/mol. The van der Waals surface area contributed by atoms with Crippen LogP contribution in [0.15, 0.2) is 27.7 Å². The summed E-state index contributed by atoms with van der Waals surface area (Å²) >= 11 is 0. The lowest BCUT2D eigenvalue weighted by molar-refractivity contribution is 0.0902. The second-order valence-corrected chi connectivity index (χ2v) is 8.10. The number of halogens is 2. The molecule has 2 fully saturated rings. The number of aromatic amines is 1. The normalized spacial score (nSPS) is 19.8. The number of nitrogens with one attached hydrogen (secondary N) is 3. The van der Waals surface area contributed by atoms with Gasteiger partial charge in [-0.2, -0.15) is 0 Å². The summed E-state index contributed by atoms with van der Waals surface area (Å²) in [5.41, 5.74) is 0.295. The molecule has 2 aromatic heterocycles. The average Bonchev–Trinajstić information content (AvgIpc) is 3.23. The number of aryl methyl sites for hydroxylation is 1. The molecule has 0 aromatic carbocycles. The van der Waals surface area contributed by atoms with Crippen LogP contribution in [-0.4, -0.2) is 53.0 Å². The number of hydrogen-bond acceptors (Lipinski definition) is 6. The minimum Gasteiger partial charge on any atom is -0.427 e. The van der Waals surface area contributed by atoms with E-state index in [1.165, 1.54) is 0 Å². The molecule has 0 aliphatic carbocycles. The Bertz CT molecular complexity index is 889. The molecule has 0 saturated carbocycles. The molecule has 0 bridgehead atoms. The number of imidazole rings is 1. The van der Waals surface area contributed by atoms with E-state index in [4.69, 9.17) is 4.42 Å². The minimum absolute atomic E-state index is 0. The molecule has 172 valence electrons. The first-order valence-corrected chi connectivity index (χ1v) is 10.5. The van der Waals surface area contributed by atoms with Gasteiger partial charge < -0.3 is 20.0 Å². The molecule has 2 saturated heterocycles. The Morgan fingerprint density at radius 1 is 1.29 bits per heavy atom. The Balaban J connectivity index is 0.00000171. The molecule has 2 aliphatic rings. The van der Waals surface area contributed by atoms with Gasteiger partial charge in [0.2, 0.25) is 0 Å². The number of aromatic nitrogens is 2. The third kappa shape index (κ3) is 6.32. The van der Waals surface area contributed by atoms with Crippen molar-refractivity contribution in [2.45, 2.75) is 51.1 Å². The fourth-order valence-electron chi connectivity index (χ4n) is 4.29. The first kappa shape index (κ1) is 25.4. The largest absolute Gasteiger partial charge is 0.427 e. The number of carbonyl (C=O) groups excluding carboxylic acids is 1. The standard InChI is InChI=1S/C21H29N5O3.2ClH/c1-14-11-17(15-3-2-6-22-12-15)29-21(28)19(14)20(27)25-16-4-9-26(10-5-16)13-18-23-7-8-24-18;;/h7-8,11,15-16,22H,2-6,9-10,12-13H2,1H3,(H,23,24)(H,25,27);2*1H. The second-order valence-electron chi connectivity index (χ2n) is 8.10. The Labute approximate surface area is 194 Å². The Hall–Kier alpha value is -1.87. The number of nitrogens with zero attached hydrogens (tertiary/aromatic N) is 2. The first-order chi connectivity index (χ1) is 14.1. The lowest BCUT2D eigenvalue weighted by Crippen LogP contribution is -2.45. The Morgan fingerprint density at radius 2 is 2.06 bits per heavy atom. The van der Waals surface area contributed by atoms with Crippen LogP contribution in [0.2, 0.25) is 0 Å². The van der Waals surface area contributed by atoms with Crippen LogP contribution in [0.25, 0.3) is 0 Å². The van der Waals surface area contributed by atoms with Crippen molar-refractivity contribution in [3.05, 3.63) is 51.6 Å². The van der Waals surface area contributed by atoms with Gasteiger partial charge >= 0.3 is 5.63 Å². The zero-order chi connectivity index (χ0) is 20.2. The van der Waals surface area contributed by atoms with Crippen LogP contribution < -0.4 is 16.3 Å². The highest BCUT2D eigenvalue weighted by atomic mass is 35.5. The van der Waals surface area contributed by atoms with Crippen molar-refractivity contribution < 1.29 is 9.21 Å². The van der Waals surface area contributed by atoms with Gasteiger partial charge in [0, 0.05) is 44.0 Å². The number of hydrogen-bond donors (Lipinski definition) is 3. The number of amides is 1. The van der Waals surface area contributed by atoms with E-state index in [9.17, 15) is 9.59 Å². The van der Waals surface area contributed by atoms with E-state index in [2.05, 4.69) is 25.5 Å². The first-order valence-electron chi connectivity index (χ1n) is 10.5. The molecule has 31 heavy (non-hydrogen) atoms. The summed E-state index contributed by atoms with van der Waals surface area (Å²) in [7, 11) is 0. The van der Waals surface area contributed by atoms with Gasteiger partial charge in [-0.1, -0.05) is 0 Å². The molecule has 0 radical (unpaired) electrons. The molecule has 2 aliphatic heterocycles. The summed E-state index contributed by atoms with van der Waals surface area (Å²) in [5, 5.41) is 6.36. The molecular weight excluding hydrogens is 441 g/mol. The van der Waals surface area contributed by atoms with Gasteiger partial charge in [-0.3, -0.25) is 9.69 Å². The fourth-order valence-corrected chi connectivity index (χ4v) is 4.29.